The summed E-state index contributed by atoms with van der Waals surface area (Å²) in [5.41, 5.74) is 3.60. The number of nitriles is 1. The molecule has 92 valence electrons. The lowest BCUT2D eigenvalue weighted by Crippen LogP contribution is -2.37. The number of benzene rings is 1. The third kappa shape index (κ3) is 2.76. The van der Waals surface area contributed by atoms with E-state index in [4.69, 9.17) is 5.26 Å². The Balaban J connectivity index is 1.91. The summed E-state index contributed by atoms with van der Waals surface area (Å²) in [5, 5.41) is 14.7. The molecule has 0 spiro atoms. The average molecular weight is 241 g/mol. The molecule has 1 amide bonds. The van der Waals surface area contributed by atoms with Gasteiger partial charge in [-0.05, 0) is 30.2 Å². The van der Waals surface area contributed by atoms with E-state index >= 15 is 0 Å². The minimum absolute atomic E-state index is 0.0177. The van der Waals surface area contributed by atoms with Gasteiger partial charge < -0.3 is 10.6 Å². The van der Waals surface area contributed by atoms with Crippen LogP contribution < -0.4 is 10.6 Å². The Bertz CT molecular complexity index is 517. The second-order valence-corrected chi connectivity index (χ2v) is 4.32. The number of carbonyl (C=O) groups is 1. The van der Waals surface area contributed by atoms with Crippen molar-refractivity contribution in [2.75, 3.05) is 13.1 Å². The van der Waals surface area contributed by atoms with Gasteiger partial charge in [-0.3, -0.25) is 4.79 Å². The van der Waals surface area contributed by atoms with Crippen molar-refractivity contribution in [1.29, 1.82) is 5.26 Å². The molecule has 1 aromatic carbocycles. The zero-order chi connectivity index (χ0) is 13.0. The zero-order valence-corrected chi connectivity index (χ0v) is 10.3. The van der Waals surface area contributed by atoms with Gasteiger partial charge in [0.1, 0.15) is 0 Å². The van der Waals surface area contributed by atoms with Gasteiger partial charge in [-0.1, -0.05) is 12.1 Å². The van der Waals surface area contributed by atoms with Gasteiger partial charge in [-0.25, -0.2) is 0 Å². The molecule has 1 aliphatic rings. The lowest BCUT2D eigenvalue weighted by Gasteiger charge is -2.21. The van der Waals surface area contributed by atoms with Crippen molar-refractivity contribution in [3.8, 4) is 6.07 Å². The van der Waals surface area contributed by atoms with Crippen molar-refractivity contribution in [3.05, 3.63) is 46.5 Å². The molecule has 1 fully saturated rings. The van der Waals surface area contributed by atoms with Crippen molar-refractivity contribution in [2.45, 2.75) is 13.5 Å². The van der Waals surface area contributed by atoms with Gasteiger partial charge in [-0.15, -0.1) is 0 Å². The van der Waals surface area contributed by atoms with Crippen LogP contribution in [0.4, 0.5) is 0 Å². The minimum atomic E-state index is -0.0177. The first-order valence-electron chi connectivity index (χ1n) is 5.87. The quantitative estimate of drug-likeness (QED) is 0.779. The van der Waals surface area contributed by atoms with Gasteiger partial charge >= 0.3 is 0 Å². The molecule has 2 rings (SSSR count). The molecule has 0 aromatic heterocycles. The van der Waals surface area contributed by atoms with E-state index in [1.165, 1.54) is 5.57 Å². The Morgan fingerprint density at radius 1 is 1.39 bits per heavy atom. The summed E-state index contributed by atoms with van der Waals surface area (Å²) in [5.74, 6) is -0.0177. The summed E-state index contributed by atoms with van der Waals surface area (Å²) in [6.45, 7) is 3.97. The maximum Gasteiger partial charge on any atom is 0.247 e. The van der Waals surface area contributed by atoms with Crippen molar-refractivity contribution in [1.82, 2.24) is 10.6 Å². The van der Waals surface area contributed by atoms with E-state index in [1.807, 2.05) is 19.1 Å². The highest BCUT2D eigenvalue weighted by Crippen LogP contribution is 2.09. The van der Waals surface area contributed by atoms with Crippen LogP contribution in [0.25, 0.3) is 0 Å². The fraction of sp³-hybridized carbons (Fsp3) is 0.286. The second kappa shape index (κ2) is 5.48. The first kappa shape index (κ1) is 12.3. The number of nitrogens with zero attached hydrogens (tertiary/aromatic N) is 1. The summed E-state index contributed by atoms with van der Waals surface area (Å²) in [7, 11) is 0. The lowest BCUT2D eigenvalue weighted by molar-refractivity contribution is -0.117. The molecule has 4 heteroatoms. The van der Waals surface area contributed by atoms with E-state index in [2.05, 4.69) is 16.7 Å². The SMILES string of the molecule is CC(C(=O)NCc1ccc(C#N)cc1)=C1CNC1. The van der Waals surface area contributed by atoms with Gasteiger partial charge in [-0.2, -0.15) is 5.26 Å². The van der Waals surface area contributed by atoms with E-state index in [-0.39, 0.29) is 5.91 Å². The van der Waals surface area contributed by atoms with Gasteiger partial charge in [0.05, 0.1) is 11.6 Å². The first-order valence-corrected chi connectivity index (χ1v) is 5.87. The fourth-order valence-corrected chi connectivity index (χ4v) is 1.69. The van der Waals surface area contributed by atoms with Crippen molar-refractivity contribution in [3.63, 3.8) is 0 Å². The maximum absolute atomic E-state index is 11.8. The van der Waals surface area contributed by atoms with Crippen LogP contribution in [0.5, 0.6) is 0 Å². The minimum Gasteiger partial charge on any atom is -0.348 e. The number of amides is 1. The number of rotatable bonds is 3. The van der Waals surface area contributed by atoms with Crippen LogP contribution in [0.1, 0.15) is 18.1 Å². The molecule has 18 heavy (non-hydrogen) atoms. The van der Waals surface area contributed by atoms with Crippen LogP contribution in [0.15, 0.2) is 35.4 Å². The van der Waals surface area contributed by atoms with Gasteiger partial charge in [0.2, 0.25) is 5.91 Å². The molecule has 0 bridgehead atoms. The van der Waals surface area contributed by atoms with Crippen molar-refractivity contribution >= 4 is 5.91 Å². The molecule has 1 saturated heterocycles. The average Bonchev–Trinajstić information content (AvgIpc) is 2.34. The smallest absolute Gasteiger partial charge is 0.247 e. The number of hydrogen-bond donors (Lipinski definition) is 2. The van der Waals surface area contributed by atoms with Crippen LogP contribution in [0, 0.1) is 11.3 Å². The number of hydrogen-bond acceptors (Lipinski definition) is 3. The van der Waals surface area contributed by atoms with Gasteiger partial charge in [0.15, 0.2) is 0 Å². The lowest BCUT2D eigenvalue weighted by atomic mass is 10.0. The molecule has 0 unspecified atom stereocenters. The highest BCUT2D eigenvalue weighted by molar-refractivity contribution is 5.93. The molecule has 0 saturated carbocycles. The van der Waals surface area contributed by atoms with Crippen molar-refractivity contribution < 1.29 is 4.79 Å². The normalized spacial score (nSPS) is 13.4. The van der Waals surface area contributed by atoms with E-state index in [1.54, 1.807) is 12.1 Å². The van der Waals surface area contributed by atoms with E-state index in [0.29, 0.717) is 12.1 Å². The Kier molecular flexibility index (Phi) is 3.75. The topological polar surface area (TPSA) is 64.9 Å². The monoisotopic (exact) mass is 241 g/mol. The molecule has 4 nitrogen and oxygen atoms in total. The van der Waals surface area contributed by atoms with Crippen LogP contribution in [-0.2, 0) is 11.3 Å². The van der Waals surface area contributed by atoms with Crippen LogP contribution in [0.3, 0.4) is 0 Å². The molecule has 1 aliphatic heterocycles. The standard InChI is InChI=1S/C14H15N3O/c1-10(13-8-16-9-13)14(18)17-7-12-4-2-11(6-15)3-5-12/h2-5,16H,7-9H2,1H3,(H,17,18). The predicted molar refractivity (Wildman–Crippen MR) is 68.6 cm³/mol. The molecule has 0 atom stereocenters. The van der Waals surface area contributed by atoms with Crippen LogP contribution in [0.2, 0.25) is 0 Å². The van der Waals surface area contributed by atoms with Gasteiger partial charge in [0.25, 0.3) is 0 Å². The predicted octanol–water partition coefficient (Wildman–Crippen LogP) is 1.09. The summed E-state index contributed by atoms with van der Waals surface area (Å²) in [4.78, 5) is 11.8. The molecule has 0 aliphatic carbocycles. The summed E-state index contributed by atoms with van der Waals surface area (Å²) >= 11 is 0. The third-order valence-corrected chi connectivity index (χ3v) is 3.08. The zero-order valence-electron chi connectivity index (χ0n) is 10.3. The number of nitrogens with one attached hydrogen (secondary N) is 2. The Labute approximate surface area is 106 Å². The van der Waals surface area contributed by atoms with E-state index < -0.39 is 0 Å². The van der Waals surface area contributed by atoms with Gasteiger partial charge in [0, 0.05) is 25.2 Å². The molecular formula is C14H15N3O. The van der Waals surface area contributed by atoms with Crippen LogP contribution in [-0.4, -0.2) is 19.0 Å². The van der Waals surface area contributed by atoms with Crippen LogP contribution >= 0.6 is 0 Å². The Hall–Kier alpha value is -2.12. The Morgan fingerprint density at radius 3 is 2.56 bits per heavy atom. The van der Waals surface area contributed by atoms with E-state index in [0.717, 1.165) is 24.2 Å². The first-order chi connectivity index (χ1) is 8.70. The second-order valence-electron chi connectivity index (χ2n) is 4.32. The molecule has 1 heterocycles. The molecule has 1 aromatic rings. The molecule has 2 N–H and O–H groups in total. The summed E-state index contributed by atoms with van der Waals surface area (Å²) in [6, 6.07) is 9.28. The fourth-order valence-electron chi connectivity index (χ4n) is 1.69. The number of carbonyl (C=O) groups excluding carboxylic acids is 1. The summed E-state index contributed by atoms with van der Waals surface area (Å²) < 4.78 is 0. The highest BCUT2D eigenvalue weighted by Gasteiger charge is 2.15. The Morgan fingerprint density at radius 2 is 2.06 bits per heavy atom. The summed E-state index contributed by atoms with van der Waals surface area (Å²) in [6.07, 6.45) is 0. The molecular weight excluding hydrogens is 226 g/mol. The third-order valence-electron chi connectivity index (χ3n) is 3.08. The maximum atomic E-state index is 11.8. The van der Waals surface area contributed by atoms with E-state index in [9.17, 15) is 4.79 Å². The van der Waals surface area contributed by atoms with Crippen molar-refractivity contribution in [2.24, 2.45) is 0 Å². The largest absolute Gasteiger partial charge is 0.348 e. The molecule has 0 radical (unpaired) electrons. The highest BCUT2D eigenvalue weighted by atomic mass is 16.1.